The van der Waals surface area contributed by atoms with E-state index >= 15 is 0 Å². The zero-order valence-electron chi connectivity index (χ0n) is 12.4. The van der Waals surface area contributed by atoms with E-state index in [2.05, 4.69) is 4.98 Å². The summed E-state index contributed by atoms with van der Waals surface area (Å²) in [6.07, 6.45) is 7.53. The van der Waals surface area contributed by atoms with Crippen LogP contribution in [0.2, 0.25) is 0 Å². The van der Waals surface area contributed by atoms with Gasteiger partial charge in [0, 0.05) is 18.9 Å². The van der Waals surface area contributed by atoms with E-state index in [9.17, 15) is 9.18 Å². The van der Waals surface area contributed by atoms with Crippen molar-refractivity contribution in [3.63, 3.8) is 0 Å². The molecule has 3 rings (SSSR count). The summed E-state index contributed by atoms with van der Waals surface area (Å²) in [4.78, 5) is 18.7. The van der Waals surface area contributed by atoms with Crippen LogP contribution in [0.3, 0.4) is 0 Å². The van der Waals surface area contributed by atoms with Crippen LogP contribution < -0.4 is 0 Å². The monoisotopic (exact) mass is 298 g/mol. The van der Waals surface area contributed by atoms with E-state index in [1.54, 1.807) is 30.6 Å². The highest BCUT2D eigenvalue weighted by molar-refractivity contribution is 5.94. The highest BCUT2D eigenvalue weighted by Gasteiger charge is 2.28. The fraction of sp³-hybridized carbons (Fsp3) is 0.333. The first-order valence-electron chi connectivity index (χ1n) is 7.73. The van der Waals surface area contributed by atoms with Crippen LogP contribution in [0, 0.1) is 5.82 Å². The smallest absolute Gasteiger partial charge is 0.257 e. The number of pyridine rings is 1. The zero-order valence-corrected chi connectivity index (χ0v) is 12.4. The summed E-state index contributed by atoms with van der Waals surface area (Å²) in [6, 6.07) is 10.1. The quantitative estimate of drug-likeness (QED) is 0.840. The number of rotatable bonds is 2. The molecule has 0 spiro atoms. The van der Waals surface area contributed by atoms with Crippen molar-refractivity contribution in [2.45, 2.75) is 31.7 Å². The molecule has 4 heteroatoms. The minimum atomic E-state index is -0.453. The Balaban J connectivity index is 1.94. The average Bonchev–Trinajstić information content (AvgIpc) is 2.81. The maximum absolute atomic E-state index is 14.0. The lowest BCUT2D eigenvalue weighted by molar-refractivity contribution is 0.0676. The molecule has 0 radical (unpaired) electrons. The van der Waals surface area contributed by atoms with Gasteiger partial charge in [0.2, 0.25) is 0 Å². The highest BCUT2D eigenvalue weighted by atomic mass is 19.1. The molecule has 1 fully saturated rings. The number of likely N-dealkylation sites (tertiary alicyclic amines) is 1. The molecular weight excluding hydrogens is 279 g/mol. The first-order valence-corrected chi connectivity index (χ1v) is 7.73. The molecule has 1 aliphatic heterocycles. The van der Waals surface area contributed by atoms with Gasteiger partial charge in [0.05, 0.1) is 11.6 Å². The van der Waals surface area contributed by atoms with Crippen molar-refractivity contribution in [1.82, 2.24) is 9.88 Å². The van der Waals surface area contributed by atoms with E-state index in [0.717, 1.165) is 31.2 Å². The normalized spacial score (nSPS) is 18.8. The van der Waals surface area contributed by atoms with Gasteiger partial charge in [-0.05, 0) is 42.7 Å². The topological polar surface area (TPSA) is 33.2 Å². The Labute approximate surface area is 129 Å². The fourth-order valence-corrected chi connectivity index (χ4v) is 3.07. The lowest BCUT2D eigenvalue weighted by Crippen LogP contribution is -2.35. The Morgan fingerprint density at radius 3 is 2.64 bits per heavy atom. The molecule has 0 N–H and O–H groups in total. The molecule has 22 heavy (non-hydrogen) atoms. The maximum atomic E-state index is 14.0. The van der Waals surface area contributed by atoms with Crippen LogP contribution in [0.15, 0.2) is 48.8 Å². The van der Waals surface area contributed by atoms with Crippen LogP contribution >= 0.6 is 0 Å². The average molecular weight is 298 g/mol. The van der Waals surface area contributed by atoms with Crippen molar-refractivity contribution in [3.05, 3.63) is 65.7 Å². The van der Waals surface area contributed by atoms with Gasteiger partial charge < -0.3 is 4.90 Å². The second-order valence-electron chi connectivity index (χ2n) is 5.62. The lowest BCUT2D eigenvalue weighted by atomic mass is 10.0. The molecule has 1 atom stereocenters. The molecule has 2 aromatic rings. The highest BCUT2D eigenvalue weighted by Crippen LogP contribution is 2.31. The van der Waals surface area contributed by atoms with Gasteiger partial charge in [0.15, 0.2) is 0 Å². The van der Waals surface area contributed by atoms with Gasteiger partial charge >= 0.3 is 0 Å². The van der Waals surface area contributed by atoms with Gasteiger partial charge in [0.25, 0.3) is 5.91 Å². The Bertz CT molecular complexity index is 645. The number of nitrogens with zero attached hydrogens (tertiary/aromatic N) is 2. The molecule has 1 amide bonds. The minimum Gasteiger partial charge on any atom is -0.332 e. The first-order chi connectivity index (χ1) is 10.8. The summed E-state index contributed by atoms with van der Waals surface area (Å²) in [7, 11) is 0. The van der Waals surface area contributed by atoms with Gasteiger partial charge in [-0.1, -0.05) is 25.0 Å². The van der Waals surface area contributed by atoms with Crippen LogP contribution in [-0.2, 0) is 0 Å². The van der Waals surface area contributed by atoms with Crippen LogP contribution in [0.1, 0.15) is 47.6 Å². The molecule has 1 aromatic heterocycles. The summed E-state index contributed by atoms with van der Waals surface area (Å²) in [6.45, 7) is 0.667. The van der Waals surface area contributed by atoms with Crippen molar-refractivity contribution >= 4 is 5.91 Å². The maximum Gasteiger partial charge on any atom is 0.257 e. The Morgan fingerprint density at radius 1 is 1.09 bits per heavy atom. The third-order valence-electron chi connectivity index (χ3n) is 4.21. The molecule has 0 saturated carbocycles. The standard InChI is InChI=1S/C18H19FN2O/c19-16-7-4-3-6-15(16)18(22)21-13-5-1-2-8-17(21)14-9-11-20-12-10-14/h3-4,6-7,9-12,17H,1-2,5,8,13H2. The predicted molar refractivity (Wildman–Crippen MR) is 82.9 cm³/mol. The number of hydrogen-bond acceptors (Lipinski definition) is 2. The second-order valence-corrected chi connectivity index (χ2v) is 5.62. The van der Waals surface area contributed by atoms with Crippen molar-refractivity contribution in [1.29, 1.82) is 0 Å². The van der Waals surface area contributed by atoms with Gasteiger partial charge in [-0.3, -0.25) is 9.78 Å². The third kappa shape index (κ3) is 3.01. The molecule has 2 heterocycles. The van der Waals surface area contributed by atoms with Crippen LogP contribution in [-0.4, -0.2) is 22.3 Å². The summed E-state index contributed by atoms with van der Waals surface area (Å²) < 4.78 is 14.0. The van der Waals surface area contributed by atoms with Crippen molar-refractivity contribution < 1.29 is 9.18 Å². The van der Waals surface area contributed by atoms with Gasteiger partial charge in [-0.2, -0.15) is 0 Å². The van der Waals surface area contributed by atoms with E-state index in [0.29, 0.717) is 6.54 Å². The van der Waals surface area contributed by atoms with Crippen molar-refractivity contribution in [3.8, 4) is 0 Å². The molecule has 1 aliphatic rings. The van der Waals surface area contributed by atoms with Crippen molar-refractivity contribution in [2.75, 3.05) is 6.54 Å². The second kappa shape index (κ2) is 6.69. The number of carbonyl (C=O) groups is 1. The molecule has 114 valence electrons. The molecule has 3 nitrogen and oxygen atoms in total. The van der Waals surface area contributed by atoms with Gasteiger partial charge in [0.1, 0.15) is 5.82 Å². The number of amides is 1. The summed E-state index contributed by atoms with van der Waals surface area (Å²) in [5.41, 5.74) is 1.23. The van der Waals surface area contributed by atoms with E-state index < -0.39 is 5.82 Å². The molecule has 1 unspecified atom stereocenters. The molecule has 1 aromatic carbocycles. The Morgan fingerprint density at radius 2 is 1.86 bits per heavy atom. The fourth-order valence-electron chi connectivity index (χ4n) is 3.07. The summed E-state index contributed by atoms with van der Waals surface area (Å²) in [5, 5.41) is 0. The van der Waals surface area contributed by atoms with E-state index in [1.807, 2.05) is 17.0 Å². The summed E-state index contributed by atoms with van der Waals surface area (Å²) in [5.74, 6) is -0.674. The number of hydrogen-bond donors (Lipinski definition) is 0. The van der Waals surface area contributed by atoms with E-state index in [-0.39, 0.29) is 17.5 Å². The van der Waals surface area contributed by atoms with Crippen LogP contribution in [0.4, 0.5) is 4.39 Å². The SMILES string of the molecule is O=C(c1ccccc1F)N1CCCCCC1c1ccncc1. The van der Waals surface area contributed by atoms with E-state index in [4.69, 9.17) is 0 Å². The molecular formula is C18H19FN2O. The number of halogens is 1. The first kappa shape index (κ1) is 14.7. The molecule has 1 saturated heterocycles. The number of benzene rings is 1. The van der Waals surface area contributed by atoms with Crippen LogP contribution in [0.25, 0.3) is 0 Å². The van der Waals surface area contributed by atoms with Gasteiger partial charge in [-0.15, -0.1) is 0 Å². The van der Waals surface area contributed by atoms with Crippen molar-refractivity contribution in [2.24, 2.45) is 0 Å². The third-order valence-corrected chi connectivity index (χ3v) is 4.21. The minimum absolute atomic E-state index is 0.00222. The molecule has 0 aliphatic carbocycles. The zero-order chi connectivity index (χ0) is 15.4. The summed E-state index contributed by atoms with van der Waals surface area (Å²) >= 11 is 0. The predicted octanol–water partition coefficient (Wildman–Crippen LogP) is 3.98. The number of carbonyl (C=O) groups excluding carboxylic acids is 1. The number of aromatic nitrogens is 1. The Hall–Kier alpha value is -2.23. The molecule has 0 bridgehead atoms. The van der Waals surface area contributed by atoms with Gasteiger partial charge in [-0.25, -0.2) is 4.39 Å². The van der Waals surface area contributed by atoms with E-state index in [1.165, 1.54) is 6.07 Å². The Kier molecular flexibility index (Phi) is 4.47. The lowest BCUT2D eigenvalue weighted by Gasteiger charge is -2.30. The largest absolute Gasteiger partial charge is 0.332 e. The van der Waals surface area contributed by atoms with Crippen LogP contribution in [0.5, 0.6) is 0 Å².